The van der Waals surface area contributed by atoms with Gasteiger partial charge in [-0.2, -0.15) is 0 Å². The molecule has 4 aliphatic heterocycles. The molecule has 6 heterocycles. The molecule has 5 aliphatic rings. The third-order valence-corrected chi connectivity index (χ3v) is 17.9. The first-order chi connectivity index (χ1) is 37.1. The Labute approximate surface area is 446 Å². The molecule has 1 spiro atoms. The van der Waals surface area contributed by atoms with Gasteiger partial charge in [0.15, 0.2) is 0 Å². The minimum atomic E-state index is -4.94. The van der Waals surface area contributed by atoms with Crippen LogP contribution in [0.2, 0.25) is 0 Å². The lowest BCUT2D eigenvalue weighted by Crippen LogP contribution is -2.60. The number of nitro benzene ring substituents is 1. The first-order valence-electron chi connectivity index (χ1n) is 26.5. The number of amides is 1. The van der Waals surface area contributed by atoms with Gasteiger partial charge in [-0.1, -0.05) is 50.2 Å². The Morgan fingerprint density at radius 3 is 2.48 bits per heavy atom. The van der Waals surface area contributed by atoms with Gasteiger partial charge in [-0.05, 0) is 84.0 Å². The number of hydrogen-bond acceptors (Lipinski definition) is 14. The van der Waals surface area contributed by atoms with Crippen molar-refractivity contribution in [2.45, 2.75) is 93.9 Å². The quantitative estimate of drug-likeness (QED) is 0.0612. The Morgan fingerprint density at radius 2 is 1.74 bits per heavy atom. The molecule has 3 saturated heterocycles. The van der Waals surface area contributed by atoms with E-state index in [2.05, 4.69) is 75.3 Å². The number of nitro groups is 1. The van der Waals surface area contributed by atoms with E-state index in [4.69, 9.17) is 18.9 Å². The van der Waals surface area contributed by atoms with Crippen LogP contribution in [0.4, 0.5) is 25.8 Å². The molecule has 0 radical (unpaired) electrons. The highest BCUT2D eigenvalue weighted by Crippen LogP contribution is 2.54. The molecule has 77 heavy (non-hydrogen) atoms. The molecule has 1 amide bonds. The van der Waals surface area contributed by atoms with Gasteiger partial charge in [0.1, 0.15) is 50.7 Å². The number of nitrogens with zero attached hydrogens (tertiary/aromatic N) is 5. The summed E-state index contributed by atoms with van der Waals surface area (Å²) in [7, 11) is -3.25. The zero-order chi connectivity index (χ0) is 53.6. The van der Waals surface area contributed by atoms with Crippen LogP contribution < -0.4 is 29.1 Å². The highest BCUT2D eigenvalue weighted by Gasteiger charge is 2.50. The molecule has 2 aromatic heterocycles. The number of halogens is 2. The van der Waals surface area contributed by atoms with Gasteiger partial charge in [-0.25, -0.2) is 26.9 Å². The zero-order valence-corrected chi connectivity index (χ0v) is 44.3. The van der Waals surface area contributed by atoms with E-state index < -0.39 is 48.5 Å². The van der Waals surface area contributed by atoms with Gasteiger partial charge in [-0.15, -0.1) is 0 Å². The lowest BCUT2D eigenvalue weighted by Gasteiger charge is -2.58. The number of alkyl halides is 1. The van der Waals surface area contributed by atoms with Crippen LogP contribution in [0.5, 0.6) is 23.0 Å². The fourth-order valence-electron chi connectivity index (χ4n) is 12.3. The van der Waals surface area contributed by atoms with Crippen molar-refractivity contribution in [2.75, 3.05) is 76.4 Å². The summed E-state index contributed by atoms with van der Waals surface area (Å²) in [4.78, 5) is 40.1. The van der Waals surface area contributed by atoms with E-state index in [1.165, 1.54) is 29.0 Å². The van der Waals surface area contributed by atoms with Crippen LogP contribution in [0.25, 0.3) is 11.0 Å². The van der Waals surface area contributed by atoms with Crippen molar-refractivity contribution in [3.8, 4) is 23.0 Å². The summed E-state index contributed by atoms with van der Waals surface area (Å²) in [6.07, 6.45) is 7.11. The first kappa shape index (κ1) is 52.2. The van der Waals surface area contributed by atoms with Gasteiger partial charge < -0.3 is 34.1 Å². The Bertz CT molecular complexity index is 3300. The van der Waals surface area contributed by atoms with E-state index >= 15 is 8.78 Å². The number of piperazine rings is 1. The van der Waals surface area contributed by atoms with E-state index in [0.29, 0.717) is 36.1 Å². The van der Waals surface area contributed by atoms with Gasteiger partial charge in [0, 0.05) is 120 Å². The highest BCUT2D eigenvalue weighted by molar-refractivity contribution is 7.90. The number of piperidine rings is 1. The normalized spacial score (nSPS) is 19.7. The largest absolute Gasteiger partial charge is 0.497 e. The third kappa shape index (κ3) is 10.6. The molecular formula is C57H64F2N8O9S. The summed E-state index contributed by atoms with van der Waals surface area (Å²) in [5.74, 6) is -0.912. The highest BCUT2D eigenvalue weighted by atomic mass is 32.2. The number of sulfonamides is 1. The van der Waals surface area contributed by atoms with Crippen molar-refractivity contribution >= 4 is 44.0 Å². The lowest BCUT2D eigenvalue weighted by molar-refractivity contribution is -0.384. The predicted molar refractivity (Wildman–Crippen MR) is 287 cm³/mol. The van der Waals surface area contributed by atoms with Crippen molar-refractivity contribution in [1.82, 2.24) is 24.5 Å². The summed E-state index contributed by atoms with van der Waals surface area (Å²) in [6, 6.07) is 24.4. The van der Waals surface area contributed by atoms with Gasteiger partial charge >= 0.3 is 0 Å². The van der Waals surface area contributed by atoms with Crippen LogP contribution in [0.1, 0.15) is 96.9 Å². The monoisotopic (exact) mass is 1070 g/mol. The molecule has 1 atom stereocenters. The number of hydrogen-bond donors (Lipinski definition) is 3. The van der Waals surface area contributed by atoms with Crippen LogP contribution in [-0.2, 0) is 27.7 Å². The van der Waals surface area contributed by atoms with E-state index in [-0.39, 0.29) is 91.3 Å². The summed E-state index contributed by atoms with van der Waals surface area (Å²) >= 11 is 0. The minimum Gasteiger partial charge on any atom is -0.497 e. The maximum absolute atomic E-state index is 16.7. The number of rotatable bonds is 16. The van der Waals surface area contributed by atoms with Crippen molar-refractivity contribution in [1.29, 1.82) is 0 Å². The molecule has 1 unspecified atom stereocenters. The maximum atomic E-state index is 16.7. The Morgan fingerprint density at radius 1 is 0.974 bits per heavy atom. The number of pyridine rings is 1. The summed E-state index contributed by atoms with van der Waals surface area (Å²) < 4.78 is 85.7. The van der Waals surface area contributed by atoms with Crippen molar-refractivity contribution in [3.63, 3.8) is 0 Å². The van der Waals surface area contributed by atoms with Crippen LogP contribution in [-0.4, -0.2) is 117 Å². The fraction of sp³-hybridized carbons (Fsp3) is 0.439. The van der Waals surface area contributed by atoms with Crippen LogP contribution in [0, 0.1) is 21.3 Å². The molecule has 4 aromatic carbocycles. The lowest BCUT2D eigenvalue weighted by atomic mass is 9.59. The number of fused-ring (bicyclic) bond motifs is 2. The number of aromatic nitrogens is 2. The van der Waals surface area contributed by atoms with Crippen LogP contribution >= 0.6 is 0 Å². The summed E-state index contributed by atoms with van der Waals surface area (Å²) in [6.45, 7) is 9.37. The van der Waals surface area contributed by atoms with E-state index in [1.807, 2.05) is 21.8 Å². The number of H-pyrrole nitrogens is 1. The number of benzene rings is 4. The van der Waals surface area contributed by atoms with Gasteiger partial charge in [0.25, 0.3) is 21.6 Å². The van der Waals surface area contributed by atoms with Crippen LogP contribution in [0.15, 0.2) is 96.2 Å². The molecule has 3 N–H and O–H groups in total. The predicted octanol–water partition coefficient (Wildman–Crippen LogP) is 9.83. The number of aromatic amines is 1. The second kappa shape index (κ2) is 21.2. The average Bonchev–Trinajstić information content (AvgIpc) is 4.18. The minimum absolute atomic E-state index is 0.0173. The van der Waals surface area contributed by atoms with E-state index in [9.17, 15) is 23.3 Å². The smallest absolute Gasteiger partial charge is 0.294 e. The number of ether oxygens (including phenoxy) is 4. The standard InChI is InChI=1S/C57H64F2N8O9S/c1-36(2)42-6-4-5-7-43(42)49-34-64(33-37-8-10-40(73-3)11-9-37)21-22-66(49)39-30-56(31-39)14-19-65(20-15-56)47-28-50(76-41-26-38-12-18-60-54(38)61-32-41)45(27-46(47)58)55(68)63-77(71,72)51-29-48(67(69)70)52(44-13-23-75-53(44)51)62-35-57(59)16-24-74-25-17-57/h4-12,18,26-29,32,36,39,49,62H,13-17,19-25,30-31,33-35H2,1-3H3,(H,60,61)(H,63,68). The summed E-state index contributed by atoms with van der Waals surface area (Å²) in [5.41, 5.74) is 2.18. The number of nitrogens with one attached hydrogen (secondary N) is 3. The number of anilines is 2. The Balaban J connectivity index is 0.820. The maximum Gasteiger partial charge on any atom is 0.294 e. The van der Waals surface area contributed by atoms with E-state index in [0.717, 1.165) is 69.7 Å². The van der Waals surface area contributed by atoms with Crippen LogP contribution in [0.3, 0.4) is 0 Å². The van der Waals surface area contributed by atoms with Crippen molar-refractivity contribution < 1.29 is 45.9 Å². The topological polar surface area (TPSA) is 194 Å². The summed E-state index contributed by atoms with van der Waals surface area (Å²) in [5, 5.41) is 16.1. The first-order valence-corrected chi connectivity index (χ1v) is 28.0. The molecule has 17 nitrogen and oxygen atoms in total. The van der Waals surface area contributed by atoms with Gasteiger partial charge in [0.05, 0.1) is 36.1 Å². The molecule has 1 aliphatic carbocycles. The molecule has 4 fully saturated rings. The van der Waals surface area contributed by atoms with Crippen molar-refractivity contribution in [2.24, 2.45) is 5.41 Å². The number of carbonyl (C=O) groups excluding carboxylic acids is 1. The number of carbonyl (C=O) groups is 1. The van der Waals surface area contributed by atoms with E-state index in [1.54, 1.807) is 25.4 Å². The third-order valence-electron chi connectivity index (χ3n) is 16.5. The Kier molecular flexibility index (Phi) is 14.3. The Hall–Kier alpha value is -6.87. The van der Waals surface area contributed by atoms with Crippen molar-refractivity contribution in [3.05, 3.63) is 135 Å². The van der Waals surface area contributed by atoms with Gasteiger partial charge in [0.2, 0.25) is 0 Å². The molecule has 6 aromatic rings. The van der Waals surface area contributed by atoms with Gasteiger partial charge in [-0.3, -0.25) is 24.7 Å². The zero-order valence-electron chi connectivity index (χ0n) is 43.5. The number of methoxy groups -OCH3 is 1. The molecule has 0 bridgehead atoms. The fourth-order valence-corrected chi connectivity index (χ4v) is 13.4. The second-order valence-corrected chi connectivity index (χ2v) is 23.3. The molecular weight excluding hydrogens is 1010 g/mol. The second-order valence-electron chi connectivity index (χ2n) is 21.6. The average molecular weight is 1080 g/mol. The molecule has 11 rings (SSSR count). The molecule has 1 saturated carbocycles. The molecule has 406 valence electrons. The SMILES string of the molecule is COc1ccc(CN2CCN(C3CC4(CCN(c5cc(Oc6cnc7[nH]ccc7c6)c(C(=O)NS(=O)(=O)c6cc([N+](=O)[O-])c(NCC7(F)CCOCC7)c7c6OCC7)cc5F)CC4)C3)C(c3ccccc3C(C)C)C2)cc1. The molecule has 20 heteroatoms.